The van der Waals surface area contributed by atoms with Crippen molar-refractivity contribution in [3.63, 3.8) is 0 Å². The number of halogens is 1. The van der Waals surface area contributed by atoms with Crippen LogP contribution in [0.5, 0.6) is 0 Å². The molecule has 90 valence electrons. The first kappa shape index (κ1) is 12.3. The largest absolute Gasteiger partial charge is 0.235 e. The number of carbonyl (C=O) groups excluding carboxylic acids is 1. The lowest BCUT2D eigenvalue weighted by Gasteiger charge is -2.23. The van der Waals surface area contributed by atoms with Crippen LogP contribution >= 0.6 is 11.8 Å². The monoisotopic (exact) mass is 251 g/mol. The molecule has 2 rings (SSSR count). The van der Waals surface area contributed by atoms with Crippen molar-refractivity contribution >= 4 is 17.8 Å². The van der Waals surface area contributed by atoms with E-state index >= 15 is 0 Å². The quantitative estimate of drug-likeness (QED) is 0.466. The minimum Gasteiger partial charge on any atom is -0.211 e. The number of rotatable bonds is 3. The van der Waals surface area contributed by atoms with E-state index in [0.717, 1.165) is 30.6 Å². The SMILES string of the molecule is CSc1ccc(C2(N=C=O)CCCC2)c(F)c1. The lowest BCUT2D eigenvalue weighted by molar-refractivity contribution is 0.430. The predicted molar refractivity (Wildman–Crippen MR) is 66.4 cm³/mol. The van der Waals surface area contributed by atoms with Crippen molar-refractivity contribution in [2.24, 2.45) is 4.99 Å². The van der Waals surface area contributed by atoms with Crippen LogP contribution in [0.3, 0.4) is 0 Å². The molecule has 0 amide bonds. The van der Waals surface area contributed by atoms with E-state index in [0.29, 0.717) is 5.56 Å². The molecule has 1 aliphatic carbocycles. The summed E-state index contributed by atoms with van der Waals surface area (Å²) in [4.78, 5) is 15.3. The van der Waals surface area contributed by atoms with E-state index in [1.165, 1.54) is 17.8 Å². The van der Waals surface area contributed by atoms with Crippen molar-refractivity contribution in [1.82, 2.24) is 0 Å². The number of isocyanates is 1. The van der Waals surface area contributed by atoms with Crippen LogP contribution in [0.25, 0.3) is 0 Å². The van der Waals surface area contributed by atoms with Gasteiger partial charge in [0.05, 0.1) is 0 Å². The molecule has 0 atom stereocenters. The Balaban J connectivity index is 2.47. The number of nitrogens with zero attached hydrogens (tertiary/aromatic N) is 1. The molecule has 4 heteroatoms. The van der Waals surface area contributed by atoms with E-state index in [-0.39, 0.29) is 5.82 Å². The molecule has 0 aromatic heterocycles. The highest BCUT2D eigenvalue weighted by molar-refractivity contribution is 7.98. The maximum Gasteiger partial charge on any atom is 0.235 e. The molecule has 0 radical (unpaired) electrons. The van der Waals surface area contributed by atoms with Gasteiger partial charge in [0.25, 0.3) is 0 Å². The highest BCUT2D eigenvalue weighted by atomic mass is 32.2. The molecule has 1 aromatic rings. The molecule has 0 saturated heterocycles. The van der Waals surface area contributed by atoms with Gasteiger partial charge in [-0.15, -0.1) is 11.8 Å². The van der Waals surface area contributed by atoms with Crippen LogP contribution in [-0.4, -0.2) is 12.3 Å². The Morgan fingerprint density at radius 1 is 1.41 bits per heavy atom. The van der Waals surface area contributed by atoms with Gasteiger partial charge in [-0.25, -0.2) is 9.18 Å². The molecular formula is C13H14FNOS. The van der Waals surface area contributed by atoms with Crippen LogP contribution < -0.4 is 0 Å². The fraction of sp³-hybridized carbons (Fsp3) is 0.462. The average Bonchev–Trinajstić information content (AvgIpc) is 2.79. The highest BCUT2D eigenvalue weighted by Gasteiger charge is 2.37. The molecule has 0 aliphatic heterocycles. The van der Waals surface area contributed by atoms with Crippen LogP contribution in [0.15, 0.2) is 28.1 Å². The minimum absolute atomic E-state index is 0.266. The second-order valence-corrected chi connectivity index (χ2v) is 5.17. The summed E-state index contributed by atoms with van der Waals surface area (Å²) in [5.74, 6) is -0.266. The van der Waals surface area contributed by atoms with Gasteiger partial charge in [0.1, 0.15) is 11.4 Å². The van der Waals surface area contributed by atoms with Gasteiger partial charge in [-0.05, 0) is 31.2 Å². The topological polar surface area (TPSA) is 29.4 Å². The van der Waals surface area contributed by atoms with Gasteiger partial charge in [-0.2, -0.15) is 4.99 Å². The van der Waals surface area contributed by atoms with Gasteiger partial charge < -0.3 is 0 Å². The lowest BCUT2D eigenvalue weighted by Crippen LogP contribution is -2.20. The molecule has 0 N–H and O–H groups in total. The van der Waals surface area contributed by atoms with E-state index in [2.05, 4.69) is 4.99 Å². The summed E-state index contributed by atoms with van der Waals surface area (Å²) in [6.45, 7) is 0. The summed E-state index contributed by atoms with van der Waals surface area (Å²) < 4.78 is 14.1. The average molecular weight is 251 g/mol. The molecule has 2 nitrogen and oxygen atoms in total. The second-order valence-electron chi connectivity index (χ2n) is 4.29. The Morgan fingerprint density at radius 3 is 2.65 bits per heavy atom. The first-order valence-corrected chi connectivity index (χ1v) is 6.87. The van der Waals surface area contributed by atoms with Gasteiger partial charge in [-0.3, -0.25) is 0 Å². The molecule has 17 heavy (non-hydrogen) atoms. The lowest BCUT2D eigenvalue weighted by atomic mass is 9.88. The summed E-state index contributed by atoms with van der Waals surface area (Å²) in [6, 6.07) is 5.15. The second kappa shape index (κ2) is 5.03. The molecule has 1 fully saturated rings. The Bertz CT molecular complexity index is 462. The number of thioether (sulfide) groups is 1. The number of hydrogen-bond donors (Lipinski definition) is 0. The van der Waals surface area contributed by atoms with Crippen LogP contribution in [-0.2, 0) is 10.3 Å². The van der Waals surface area contributed by atoms with E-state index in [4.69, 9.17) is 0 Å². The van der Waals surface area contributed by atoms with E-state index in [1.54, 1.807) is 12.1 Å². The number of benzene rings is 1. The van der Waals surface area contributed by atoms with Gasteiger partial charge in [-0.1, -0.05) is 18.9 Å². The number of hydrogen-bond acceptors (Lipinski definition) is 3. The van der Waals surface area contributed by atoms with Crippen LogP contribution in [0.2, 0.25) is 0 Å². The third-order valence-electron chi connectivity index (χ3n) is 3.37. The highest BCUT2D eigenvalue weighted by Crippen LogP contribution is 2.43. The zero-order valence-electron chi connectivity index (χ0n) is 9.70. The molecule has 0 unspecified atom stereocenters. The first-order valence-electron chi connectivity index (χ1n) is 5.65. The van der Waals surface area contributed by atoms with Gasteiger partial charge in [0.15, 0.2) is 0 Å². The van der Waals surface area contributed by atoms with Crippen LogP contribution in [0.1, 0.15) is 31.2 Å². The standard InChI is InChI=1S/C13H14FNOS/c1-17-10-4-5-11(12(14)8-10)13(15-9-16)6-2-3-7-13/h4-5,8H,2-3,6-7H2,1H3. The van der Waals surface area contributed by atoms with Crippen LogP contribution in [0.4, 0.5) is 4.39 Å². The zero-order chi connectivity index (χ0) is 12.3. The Morgan fingerprint density at radius 2 is 2.12 bits per heavy atom. The normalized spacial score (nSPS) is 17.8. The maximum atomic E-state index is 14.1. The molecular weight excluding hydrogens is 237 g/mol. The Kier molecular flexibility index (Phi) is 3.65. The maximum absolute atomic E-state index is 14.1. The molecule has 0 spiro atoms. The zero-order valence-corrected chi connectivity index (χ0v) is 10.5. The molecule has 1 aliphatic rings. The third kappa shape index (κ3) is 2.28. The summed E-state index contributed by atoms with van der Waals surface area (Å²) >= 11 is 1.50. The van der Waals surface area contributed by atoms with Gasteiger partial charge in [0.2, 0.25) is 6.08 Å². The van der Waals surface area contributed by atoms with Crippen LogP contribution in [0, 0.1) is 5.82 Å². The first-order chi connectivity index (χ1) is 8.22. The number of aliphatic imine (C=N–C) groups is 1. The van der Waals surface area contributed by atoms with Crippen molar-refractivity contribution in [1.29, 1.82) is 0 Å². The summed E-state index contributed by atoms with van der Waals surface area (Å²) in [5, 5.41) is 0. The fourth-order valence-corrected chi connectivity index (χ4v) is 2.91. The summed E-state index contributed by atoms with van der Waals surface area (Å²) in [5.41, 5.74) is -0.126. The van der Waals surface area contributed by atoms with Crippen molar-refractivity contribution in [2.45, 2.75) is 36.1 Å². The molecule has 0 bridgehead atoms. The molecule has 0 heterocycles. The molecule has 1 saturated carbocycles. The van der Waals surface area contributed by atoms with E-state index < -0.39 is 5.54 Å². The fourth-order valence-electron chi connectivity index (χ4n) is 2.49. The van der Waals surface area contributed by atoms with E-state index in [1.807, 2.05) is 12.3 Å². The summed E-state index contributed by atoms with van der Waals surface area (Å²) in [6.07, 6.45) is 6.94. The predicted octanol–water partition coefficient (Wildman–Crippen LogP) is 3.65. The molecule has 1 aromatic carbocycles. The van der Waals surface area contributed by atoms with Crippen molar-refractivity contribution in [2.75, 3.05) is 6.26 Å². The summed E-state index contributed by atoms with van der Waals surface area (Å²) in [7, 11) is 0. The Hall–Kier alpha value is -1.12. The van der Waals surface area contributed by atoms with Gasteiger partial charge in [0, 0.05) is 10.5 Å². The van der Waals surface area contributed by atoms with Gasteiger partial charge >= 0.3 is 0 Å². The third-order valence-corrected chi connectivity index (χ3v) is 4.09. The Labute approximate surface area is 104 Å². The minimum atomic E-state index is -0.664. The van der Waals surface area contributed by atoms with Crippen molar-refractivity contribution in [3.8, 4) is 0 Å². The smallest absolute Gasteiger partial charge is 0.211 e. The van der Waals surface area contributed by atoms with Crippen molar-refractivity contribution in [3.05, 3.63) is 29.6 Å². The van der Waals surface area contributed by atoms with Crippen molar-refractivity contribution < 1.29 is 9.18 Å². The van der Waals surface area contributed by atoms with E-state index in [9.17, 15) is 9.18 Å².